The van der Waals surface area contributed by atoms with Crippen molar-refractivity contribution in [3.05, 3.63) is 35.7 Å². The zero-order valence-electron chi connectivity index (χ0n) is 24.9. The van der Waals surface area contributed by atoms with Crippen LogP contribution in [-0.2, 0) is 35.2 Å². The lowest BCUT2D eigenvalue weighted by molar-refractivity contribution is -0.180. The van der Waals surface area contributed by atoms with E-state index < -0.39 is 11.8 Å². The molecular formula is C31H48N4O6. The van der Waals surface area contributed by atoms with Gasteiger partial charge in [0.15, 0.2) is 6.29 Å². The molecule has 41 heavy (non-hydrogen) atoms. The predicted octanol–water partition coefficient (Wildman–Crippen LogP) is 3.75. The number of carbonyl (C=O) groups is 2. The van der Waals surface area contributed by atoms with Crippen LogP contribution in [0.3, 0.4) is 0 Å². The molecule has 0 aromatic carbocycles. The third-order valence-electron chi connectivity index (χ3n) is 8.03. The van der Waals surface area contributed by atoms with E-state index in [-0.39, 0.29) is 24.0 Å². The number of piperidine rings is 1. The highest BCUT2D eigenvalue weighted by Gasteiger charge is 2.44. The third kappa shape index (κ3) is 10.1. The Bertz CT molecular complexity index is 981. The quantitative estimate of drug-likeness (QED) is 0.158. The van der Waals surface area contributed by atoms with E-state index in [1.54, 1.807) is 19.2 Å². The van der Waals surface area contributed by atoms with E-state index in [1.165, 1.54) is 6.08 Å². The molecule has 1 saturated carbocycles. The summed E-state index contributed by atoms with van der Waals surface area (Å²) in [7, 11) is 0. The van der Waals surface area contributed by atoms with Crippen molar-refractivity contribution in [2.45, 2.75) is 103 Å². The summed E-state index contributed by atoms with van der Waals surface area (Å²) < 4.78 is 17.0. The molecule has 1 atom stereocenters. The summed E-state index contributed by atoms with van der Waals surface area (Å²) in [6.45, 7) is 10.2. The Morgan fingerprint density at radius 2 is 1.85 bits per heavy atom. The number of carbonyl (C=O) groups excluding carboxylic acids is 2. The number of likely N-dealkylation sites (tertiary alicyclic amines) is 1. The molecule has 1 aromatic rings. The van der Waals surface area contributed by atoms with Crippen LogP contribution in [0, 0.1) is 5.92 Å². The number of hydrogen-bond donors (Lipinski definition) is 2. The first-order valence-corrected chi connectivity index (χ1v) is 15.3. The van der Waals surface area contributed by atoms with Crippen molar-refractivity contribution in [2.24, 2.45) is 5.92 Å². The second kappa shape index (κ2) is 15.7. The summed E-state index contributed by atoms with van der Waals surface area (Å²) in [4.78, 5) is 37.5. The van der Waals surface area contributed by atoms with Crippen LogP contribution >= 0.6 is 0 Å². The minimum absolute atomic E-state index is 0.0785. The summed E-state index contributed by atoms with van der Waals surface area (Å²) in [5.74, 6) is -0.0487. The molecule has 1 amide bonds. The number of ether oxygens (including phenoxy) is 3. The van der Waals surface area contributed by atoms with Gasteiger partial charge in [-0.25, -0.2) is 10.3 Å². The van der Waals surface area contributed by atoms with E-state index in [2.05, 4.69) is 34.5 Å². The standard InChI is InChI=1S/C31H48N4O6/c1-23(2)22-39-24(3)41-34-29(36)11-9-25-8-10-27(32-20-25)21-35-16-12-26(13-17-35)33-31(14-18-38-19-15-31)30(37)40-28-6-4-5-7-28/h8-11,20,23-24,26,28,33H,4-7,12-19,21-22H2,1-3H3,(H,34,36)/b11-9+. The van der Waals surface area contributed by atoms with Crippen LogP contribution < -0.4 is 10.8 Å². The largest absolute Gasteiger partial charge is 0.461 e. The van der Waals surface area contributed by atoms with Crippen LogP contribution in [0.25, 0.3) is 6.08 Å². The second-order valence-electron chi connectivity index (χ2n) is 12.0. The number of esters is 1. The minimum atomic E-state index is -0.624. The van der Waals surface area contributed by atoms with Gasteiger partial charge in [-0.05, 0) is 81.9 Å². The molecule has 10 nitrogen and oxygen atoms in total. The third-order valence-corrected chi connectivity index (χ3v) is 8.03. The van der Waals surface area contributed by atoms with E-state index in [0.717, 1.165) is 69.4 Å². The monoisotopic (exact) mass is 572 g/mol. The molecule has 1 aliphatic carbocycles. The smallest absolute Gasteiger partial charge is 0.326 e. The maximum atomic E-state index is 13.3. The van der Waals surface area contributed by atoms with Gasteiger partial charge in [0.2, 0.25) is 0 Å². The van der Waals surface area contributed by atoms with Crippen LogP contribution in [0.5, 0.6) is 0 Å². The van der Waals surface area contributed by atoms with Crippen LogP contribution in [-0.4, -0.2) is 78.6 Å². The number of nitrogens with one attached hydrogen (secondary N) is 2. The van der Waals surface area contributed by atoms with Crippen LogP contribution in [0.15, 0.2) is 24.4 Å². The van der Waals surface area contributed by atoms with E-state index in [1.807, 2.05) is 12.1 Å². The van der Waals surface area contributed by atoms with Crippen molar-refractivity contribution in [2.75, 3.05) is 32.9 Å². The lowest BCUT2D eigenvalue weighted by atomic mass is 9.87. The van der Waals surface area contributed by atoms with Gasteiger partial charge in [-0.1, -0.05) is 19.9 Å². The highest BCUT2D eigenvalue weighted by Crippen LogP contribution is 2.29. The van der Waals surface area contributed by atoms with E-state index in [0.29, 0.717) is 38.6 Å². The Morgan fingerprint density at radius 1 is 1.12 bits per heavy atom. The second-order valence-corrected chi connectivity index (χ2v) is 12.0. The molecule has 1 unspecified atom stereocenters. The predicted molar refractivity (Wildman–Crippen MR) is 155 cm³/mol. The molecule has 0 radical (unpaired) electrons. The summed E-state index contributed by atoms with van der Waals surface area (Å²) >= 11 is 0. The molecule has 2 aliphatic heterocycles. The Morgan fingerprint density at radius 3 is 2.51 bits per heavy atom. The van der Waals surface area contributed by atoms with Gasteiger partial charge in [-0.15, -0.1) is 0 Å². The molecule has 3 fully saturated rings. The fraction of sp³-hybridized carbons (Fsp3) is 0.710. The van der Waals surface area contributed by atoms with Gasteiger partial charge in [0.1, 0.15) is 11.6 Å². The van der Waals surface area contributed by atoms with Gasteiger partial charge < -0.3 is 14.2 Å². The fourth-order valence-electron chi connectivity index (χ4n) is 5.59. The highest BCUT2D eigenvalue weighted by atomic mass is 16.8. The fourth-order valence-corrected chi connectivity index (χ4v) is 5.59. The molecular weight excluding hydrogens is 524 g/mol. The summed E-state index contributed by atoms with van der Waals surface area (Å²) in [6.07, 6.45) is 12.0. The lowest BCUT2D eigenvalue weighted by Gasteiger charge is -2.41. The molecule has 0 spiro atoms. The zero-order valence-corrected chi connectivity index (χ0v) is 24.9. The molecule has 228 valence electrons. The summed E-state index contributed by atoms with van der Waals surface area (Å²) in [5, 5.41) is 3.73. The number of hydrogen-bond acceptors (Lipinski definition) is 9. The SMILES string of the molecule is CC(C)COC(C)ONC(=O)/C=C/c1ccc(CN2CCC(NC3(C(=O)OC4CCCC4)CCOCC3)CC2)nc1. The normalized spacial score (nSPS) is 21.4. The number of amides is 1. The van der Waals surface area contributed by atoms with Gasteiger partial charge in [0, 0.05) is 51.2 Å². The Kier molecular flexibility index (Phi) is 12.1. The van der Waals surface area contributed by atoms with Crippen molar-refractivity contribution in [1.29, 1.82) is 0 Å². The average Bonchev–Trinajstić information content (AvgIpc) is 3.49. The topological polar surface area (TPSA) is 111 Å². The van der Waals surface area contributed by atoms with Crippen molar-refractivity contribution >= 4 is 18.0 Å². The van der Waals surface area contributed by atoms with Gasteiger partial charge in [-0.2, -0.15) is 0 Å². The maximum Gasteiger partial charge on any atom is 0.326 e. The molecule has 3 aliphatic rings. The Hall–Kier alpha value is -2.37. The Labute approximate surface area is 244 Å². The van der Waals surface area contributed by atoms with Crippen molar-refractivity contribution in [3.8, 4) is 0 Å². The molecule has 0 bridgehead atoms. The minimum Gasteiger partial charge on any atom is -0.461 e. The highest BCUT2D eigenvalue weighted by molar-refractivity contribution is 5.90. The van der Waals surface area contributed by atoms with Crippen molar-refractivity contribution in [1.82, 2.24) is 20.7 Å². The molecule has 1 aromatic heterocycles. The van der Waals surface area contributed by atoms with E-state index in [4.69, 9.17) is 19.0 Å². The van der Waals surface area contributed by atoms with Gasteiger partial charge in [0.05, 0.1) is 12.3 Å². The van der Waals surface area contributed by atoms with Gasteiger partial charge >= 0.3 is 5.97 Å². The zero-order chi connectivity index (χ0) is 29.1. The van der Waals surface area contributed by atoms with Gasteiger partial charge in [-0.3, -0.25) is 24.8 Å². The Balaban J connectivity index is 1.19. The van der Waals surface area contributed by atoms with Crippen molar-refractivity contribution in [3.63, 3.8) is 0 Å². The van der Waals surface area contributed by atoms with Crippen LogP contribution in [0.4, 0.5) is 0 Å². The molecule has 2 N–H and O–H groups in total. The first-order chi connectivity index (χ1) is 19.8. The first-order valence-electron chi connectivity index (χ1n) is 15.3. The molecule has 4 rings (SSSR count). The number of rotatable bonds is 13. The van der Waals surface area contributed by atoms with E-state index in [9.17, 15) is 9.59 Å². The molecule has 3 heterocycles. The van der Waals surface area contributed by atoms with E-state index >= 15 is 0 Å². The lowest BCUT2D eigenvalue weighted by Crippen LogP contribution is -2.61. The number of pyridine rings is 1. The van der Waals surface area contributed by atoms with Crippen LogP contribution in [0.1, 0.15) is 83.4 Å². The molecule has 10 heteroatoms. The van der Waals surface area contributed by atoms with Gasteiger partial charge in [0.25, 0.3) is 5.91 Å². The van der Waals surface area contributed by atoms with Crippen LogP contribution in [0.2, 0.25) is 0 Å². The summed E-state index contributed by atoms with van der Waals surface area (Å²) in [6, 6.07) is 4.23. The summed E-state index contributed by atoms with van der Waals surface area (Å²) in [5.41, 5.74) is 3.58. The molecule has 2 saturated heterocycles. The number of hydroxylamine groups is 1. The average molecular weight is 573 g/mol. The number of nitrogens with zero attached hydrogens (tertiary/aromatic N) is 2. The van der Waals surface area contributed by atoms with Crippen molar-refractivity contribution < 1.29 is 28.6 Å². The number of aromatic nitrogens is 1. The first kappa shape index (κ1) is 31.6. The maximum absolute atomic E-state index is 13.3.